The molecule has 1 aliphatic heterocycles. The molecule has 0 spiro atoms. The van der Waals surface area contributed by atoms with Gasteiger partial charge in [0.2, 0.25) is 5.60 Å². The Balaban J connectivity index is 1.61. The summed E-state index contributed by atoms with van der Waals surface area (Å²) in [6.45, 7) is 6.47. The topological polar surface area (TPSA) is 74.2 Å². The van der Waals surface area contributed by atoms with Crippen LogP contribution < -0.4 is 18.9 Å². The molecule has 0 unspecified atom stereocenters. The number of alkyl halides is 3. The number of ether oxygens (including phenoxy) is 4. The van der Waals surface area contributed by atoms with E-state index in [1.807, 2.05) is 0 Å². The molecule has 1 N–H and O–H groups in total. The minimum atomic E-state index is -4.56. The molecule has 2 aromatic carbocycles. The van der Waals surface area contributed by atoms with Crippen molar-refractivity contribution >= 4 is 23.1 Å². The first-order chi connectivity index (χ1) is 16.2. The average molecular weight is 515 g/mol. The van der Waals surface area contributed by atoms with Gasteiger partial charge < -0.3 is 24.1 Å². The average Bonchev–Trinajstić information content (AvgIpc) is 2.76. The second-order valence-electron chi connectivity index (χ2n) is 8.70. The Morgan fingerprint density at radius 3 is 2.26 bits per heavy atom. The third kappa shape index (κ3) is 6.33. The Labute approximate surface area is 206 Å². The monoisotopic (exact) mass is 514 g/mol. The Bertz CT molecular complexity index is 1110. The summed E-state index contributed by atoms with van der Waals surface area (Å²) in [6.07, 6.45) is -3.24. The molecule has 0 fully saturated rings. The van der Waals surface area contributed by atoms with Crippen LogP contribution in [0.4, 0.5) is 13.2 Å². The third-order valence-corrected chi connectivity index (χ3v) is 5.69. The van der Waals surface area contributed by atoms with E-state index in [4.69, 9.17) is 30.5 Å². The molecule has 0 amide bonds. The maximum absolute atomic E-state index is 13.5. The summed E-state index contributed by atoms with van der Waals surface area (Å²) in [4.78, 5) is 11.4. The van der Waals surface area contributed by atoms with Gasteiger partial charge in [0.05, 0.1) is 10.6 Å². The Morgan fingerprint density at radius 2 is 1.69 bits per heavy atom. The van der Waals surface area contributed by atoms with Crippen molar-refractivity contribution in [2.24, 2.45) is 0 Å². The number of aliphatic carboxylic acids is 1. The largest absolute Gasteiger partial charge is 0.490 e. The van der Waals surface area contributed by atoms with E-state index in [2.05, 4.69) is 0 Å². The van der Waals surface area contributed by atoms with Gasteiger partial charge in [-0.25, -0.2) is 4.79 Å². The van der Waals surface area contributed by atoms with Gasteiger partial charge in [-0.15, -0.1) is 0 Å². The summed E-state index contributed by atoms with van der Waals surface area (Å²) >= 11 is 6.18. The van der Waals surface area contributed by atoms with Crippen molar-refractivity contribution in [2.45, 2.75) is 51.5 Å². The second kappa shape index (κ2) is 9.89. The lowest BCUT2D eigenvalue weighted by molar-refractivity contribution is -0.154. The molecule has 190 valence electrons. The molecule has 0 aromatic heterocycles. The number of hydrogen-bond acceptors (Lipinski definition) is 5. The number of allylic oxidation sites excluding steroid dienone is 1. The van der Waals surface area contributed by atoms with Crippen LogP contribution in [-0.2, 0) is 4.79 Å². The SMILES string of the molecule is CC[C@@](C)(Oc1ccc(OCCOc2cc3c(cc2Cl)C(C(F)(F)F)=CC(C)(C)O3)cc1)C(=O)O. The van der Waals surface area contributed by atoms with E-state index in [1.54, 1.807) is 31.2 Å². The highest BCUT2D eigenvalue weighted by molar-refractivity contribution is 6.32. The molecule has 0 radical (unpaired) electrons. The molecule has 6 nitrogen and oxygen atoms in total. The van der Waals surface area contributed by atoms with Gasteiger partial charge in [0.1, 0.15) is 41.8 Å². The van der Waals surface area contributed by atoms with Crippen LogP contribution in [0.1, 0.15) is 39.7 Å². The number of benzene rings is 2. The van der Waals surface area contributed by atoms with Gasteiger partial charge in [0.25, 0.3) is 0 Å². The van der Waals surface area contributed by atoms with Crippen molar-refractivity contribution in [3.63, 3.8) is 0 Å². The van der Waals surface area contributed by atoms with Crippen molar-refractivity contribution in [1.29, 1.82) is 0 Å². The van der Waals surface area contributed by atoms with Crippen LogP contribution in [0.2, 0.25) is 5.02 Å². The number of carboxylic acid groups (broad SMARTS) is 1. The smallest absolute Gasteiger partial charge is 0.416 e. The van der Waals surface area contributed by atoms with E-state index in [-0.39, 0.29) is 35.3 Å². The van der Waals surface area contributed by atoms with Crippen LogP contribution in [0, 0.1) is 0 Å². The first-order valence-electron chi connectivity index (χ1n) is 10.8. The van der Waals surface area contributed by atoms with Gasteiger partial charge in [-0.2, -0.15) is 13.2 Å². The molecule has 0 bridgehead atoms. The zero-order valence-electron chi connectivity index (χ0n) is 19.7. The number of halogens is 4. The molecular weight excluding hydrogens is 489 g/mol. The first kappa shape index (κ1) is 26.5. The predicted molar refractivity (Wildman–Crippen MR) is 125 cm³/mol. The normalized spacial score (nSPS) is 16.3. The van der Waals surface area contributed by atoms with Gasteiger partial charge in [-0.05, 0) is 63.6 Å². The Morgan fingerprint density at radius 1 is 1.09 bits per heavy atom. The fraction of sp³-hybridized carbons (Fsp3) is 0.400. The minimum Gasteiger partial charge on any atom is -0.490 e. The molecule has 0 aliphatic carbocycles. The highest BCUT2D eigenvalue weighted by Gasteiger charge is 2.42. The molecule has 2 aromatic rings. The van der Waals surface area contributed by atoms with E-state index in [0.717, 1.165) is 6.08 Å². The summed E-state index contributed by atoms with van der Waals surface area (Å²) in [5, 5.41) is 9.33. The van der Waals surface area contributed by atoms with Crippen LogP contribution >= 0.6 is 11.6 Å². The lowest BCUT2D eigenvalue weighted by Crippen LogP contribution is -2.40. The molecule has 1 heterocycles. The van der Waals surface area contributed by atoms with Crippen LogP contribution in [0.5, 0.6) is 23.0 Å². The lowest BCUT2D eigenvalue weighted by Gasteiger charge is -2.32. The van der Waals surface area contributed by atoms with E-state index in [0.29, 0.717) is 17.9 Å². The molecule has 0 saturated heterocycles. The molecule has 0 saturated carbocycles. The van der Waals surface area contributed by atoms with E-state index < -0.39 is 28.9 Å². The summed E-state index contributed by atoms with van der Waals surface area (Å²) in [5.74, 6) is 0.0241. The summed E-state index contributed by atoms with van der Waals surface area (Å²) in [7, 11) is 0. The van der Waals surface area contributed by atoms with Gasteiger partial charge in [-0.1, -0.05) is 18.5 Å². The van der Waals surface area contributed by atoms with Crippen molar-refractivity contribution < 1.29 is 42.0 Å². The Hall–Kier alpha value is -3.07. The van der Waals surface area contributed by atoms with E-state index >= 15 is 0 Å². The zero-order chi connectivity index (χ0) is 26.0. The number of rotatable bonds is 9. The van der Waals surface area contributed by atoms with E-state index in [1.165, 1.54) is 32.9 Å². The Kier molecular flexibility index (Phi) is 7.50. The molecular formula is C25H26ClF3O6. The lowest BCUT2D eigenvalue weighted by atomic mass is 9.94. The maximum atomic E-state index is 13.5. The van der Waals surface area contributed by atoms with Crippen LogP contribution in [0.15, 0.2) is 42.5 Å². The summed E-state index contributed by atoms with van der Waals surface area (Å²) in [5.41, 5.74) is -3.44. The summed E-state index contributed by atoms with van der Waals surface area (Å²) < 4.78 is 63.0. The van der Waals surface area contributed by atoms with Gasteiger partial charge >= 0.3 is 12.1 Å². The fourth-order valence-electron chi connectivity index (χ4n) is 3.36. The van der Waals surface area contributed by atoms with Gasteiger partial charge in [0, 0.05) is 11.6 Å². The highest BCUT2D eigenvalue weighted by atomic mass is 35.5. The van der Waals surface area contributed by atoms with Crippen molar-refractivity contribution in [1.82, 2.24) is 0 Å². The molecule has 10 heteroatoms. The number of carbonyl (C=O) groups is 1. The molecule has 1 atom stereocenters. The standard InChI is InChI=1S/C25H26ClF3O6/c1-5-24(4,22(30)31)34-16-8-6-15(7-9-16)32-10-11-33-21-13-20-17(12-19(21)26)18(25(27,28)29)14-23(2,3)35-20/h6-9,12-14H,5,10-11H2,1-4H3,(H,30,31)/t24-/m1/s1. The van der Waals surface area contributed by atoms with Crippen LogP contribution in [0.3, 0.4) is 0 Å². The molecule has 1 aliphatic rings. The van der Waals surface area contributed by atoms with E-state index in [9.17, 15) is 23.1 Å². The van der Waals surface area contributed by atoms with Crippen molar-refractivity contribution in [3.05, 3.63) is 53.1 Å². The van der Waals surface area contributed by atoms with Crippen molar-refractivity contribution in [3.8, 4) is 23.0 Å². The molecule has 3 rings (SSSR count). The summed E-state index contributed by atoms with van der Waals surface area (Å²) in [6, 6.07) is 8.97. The van der Waals surface area contributed by atoms with Crippen molar-refractivity contribution in [2.75, 3.05) is 13.2 Å². The first-order valence-corrected chi connectivity index (χ1v) is 11.2. The van der Waals surface area contributed by atoms with Gasteiger partial charge in [-0.3, -0.25) is 0 Å². The quantitative estimate of drug-likeness (QED) is 0.383. The highest BCUT2D eigenvalue weighted by Crippen LogP contribution is 2.47. The predicted octanol–water partition coefficient (Wildman–Crippen LogP) is 6.55. The zero-order valence-corrected chi connectivity index (χ0v) is 20.4. The number of hydrogen-bond donors (Lipinski definition) is 1. The fourth-order valence-corrected chi connectivity index (χ4v) is 3.57. The minimum absolute atomic E-state index is 0.0149. The van der Waals surface area contributed by atoms with Gasteiger partial charge in [0.15, 0.2) is 0 Å². The molecule has 35 heavy (non-hydrogen) atoms. The number of fused-ring (bicyclic) bond motifs is 1. The van der Waals surface area contributed by atoms with Crippen LogP contribution in [0.25, 0.3) is 5.57 Å². The third-order valence-electron chi connectivity index (χ3n) is 5.40. The second-order valence-corrected chi connectivity index (χ2v) is 9.11. The number of carboxylic acids is 1. The van der Waals surface area contributed by atoms with Crippen LogP contribution in [-0.4, -0.2) is 41.7 Å². The maximum Gasteiger partial charge on any atom is 0.416 e.